The number of hydrogen-bond acceptors (Lipinski definition) is 11. The topological polar surface area (TPSA) is 240 Å². The van der Waals surface area contributed by atoms with Gasteiger partial charge in [0, 0.05) is 6.54 Å². The first-order valence-corrected chi connectivity index (χ1v) is 9.82. The summed E-state index contributed by atoms with van der Waals surface area (Å²) in [5.41, 5.74) is 11.8. The molecule has 1 amide bonds. The second-order valence-electron chi connectivity index (χ2n) is 6.62. The monoisotopic (exact) mass is 449 g/mol. The number of aliphatic hydroxyl groups excluding tert-OH is 2. The first-order valence-electron chi connectivity index (χ1n) is 8.43. The Morgan fingerprint density at radius 3 is 2.47 bits per heavy atom. The molecular formula is C14H23N7O8S. The Balaban J connectivity index is 0.000000575. The summed E-state index contributed by atoms with van der Waals surface area (Å²) in [5.74, 6) is 0.248. The van der Waals surface area contributed by atoms with Crippen LogP contribution in [0.25, 0.3) is 11.2 Å². The Bertz CT molecular complexity index is 1010. The fraction of sp³-hybridized carbons (Fsp3) is 0.571. The van der Waals surface area contributed by atoms with Crippen LogP contribution < -0.4 is 11.5 Å². The number of nitrogen functional groups attached to an aromatic ring is 1. The number of rotatable bonds is 5. The molecule has 1 fully saturated rings. The Morgan fingerprint density at radius 1 is 1.30 bits per heavy atom. The summed E-state index contributed by atoms with van der Waals surface area (Å²) >= 11 is 0. The zero-order valence-corrected chi connectivity index (χ0v) is 16.8. The van der Waals surface area contributed by atoms with E-state index >= 15 is 0 Å². The van der Waals surface area contributed by atoms with E-state index in [1.807, 2.05) is 0 Å². The molecule has 15 nitrogen and oxygen atoms in total. The highest BCUT2D eigenvalue weighted by atomic mass is 32.3. The lowest BCUT2D eigenvalue weighted by molar-refractivity contribution is -0.119. The Morgan fingerprint density at radius 2 is 1.90 bits per heavy atom. The molecule has 0 bridgehead atoms. The lowest BCUT2D eigenvalue weighted by atomic mass is 10.1. The van der Waals surface area contributed by atoms with Crippen molar-refractivity contribution in [1.29, 1.82) is 0 Å². The summed E-state index contributed by atoms with van der Waals surface area (Å²) in [7, 11) is -2.99. The number of primary amides is 1. The number of aromatic nitrogens is 4. The van der Waals surface area contributed by atoms with Gasteiger partial charge in [-0.25, -0.2) is 15.0 Å². The Kier molecular flexibility index (Phi) is 7.24. The number of nitrogens with zero attached hydrogens (tertiary/aromatic N) is 5. The van der Waals surface area contributed by atoms with Crippen LogP contribution >= 0.6 is 0 Å². The van der Waals surface area contributed by atoms with Crippen molar-refractivity contribution in [1.82, 2.24) is 24.4 Å². The summed E-state index contributed by atoms with van der Waals surface area (Å²) in [4.78, 5) is 25.0. The average Bonchev–Trinajstić information content (AvgIpc) is 3.05. The van der Waals surface area contributed by atoms with Crippen molar-refractivity contribution >= 4 is 33.3 Å². The lowest BCUT2D eigenvalue weighted by Crippen LogP contribution is -2.41. The number of imidazole rings is 1. The number of aliphatic hydroxyl groups is 2. The van der Waals surface area contributed by atoms with Crippen LogP contribution in [0.2, 0.25) is 0 Å². The van der Waals surface area contributed by atoms with E-state index < -0.39 is 40.8 Å². The quantitative estimate of drug-likeness (QED) is 0.251. The molecule has 3 heterocycles. The largest absolute Gasteiger partial charge is 0.394 e. The molecule has 0 aliphatic carbocycles. The first kappa shape index (κ1) is 23.8. The van der Waals surface area contributed by atoms with Gasteiger partial charge in [0.05, 0.1) is 6.54 Å². The highest BCUT2D eigenvalue weighted by Gasteiger charge is 2.45. The van der Waals surface area contributed by atoms with Crippen LogP contribution in [0.3, 0.4) is 0 Å². The molecule has 4 atom stereocenters. The number of nitrogens with two attached hydrogens (primary N) is 2. The smallest absolute Gasteiger partial charge is 0.387 e. The average molecular weight is 449 g/mol. The van der Waals surface area contributed by atoms with Gasteiger partial charge in [-0.15, -0.1) is 0 Å². The number of aryl methyl sites for hydroxylation is 1. The van der Waals surface area contributed by atoms with Gasteiger partial charge in [0.25, 0.3) is 0 Å². The number of amides is 1. The maximum absolute atomic E-state index is 11.0. The highest BCUT2D eigenvalue weighted by Crippen LogP contribution is 2.33. The number of anilines is 1. The Labute approximate surface area is 170 Å². The minimum Gasteiger partial charge on any atom is -0.387 e. The summed E-state index contributed by atoms with van der Waals surface area (Å²) in [6, 6.07) is 0. The van der Waals surface area contributed by atoms with E-state index in [0.29, 0.717) is 17.0 Å². The van der Waals surface area contributed by atoms with Crippen LogP contribution in [0.1, 0.15) is 12.1 Å². The third kappa shape index (κ3) is 5.79. The molecule has 1 saturated heterocycles. The molecule has 1 aliphatic rings. The minimum absolute atomic E-state index is 0.0180. The molecule has 2 aromatic heterocycles. The molecule has 0 spiro atoms. The van der Waals surface area contributed by atoms with Gasteiger partial charge in [-0.3, -0.25) is 23.4 Å². The predicted octanol–water partition coefficient (Wildman–Crippen LogP) is -2.90. The van der Waals surface area contributed by atoms with Crippen LogP contribution in [-0.2, 0) is 19.9 Å². The van der Waals surface area contributed by atoms with Crippen molar-refractivity contribution < 1.29 is 37.3 Å². The fourth-order valence-electron chi connectivity index (χ4n) is 3.07. The van der Waals surface area contributed by atoms with Gasteiger partial charge in [0.15, 0.2) is 23.2 Å². The van der Waals surface area contributed by atoms with Gasteiger partial charge in [-0.05, 0) is 14.0 Å². The third-order valence-electron chi connectivity index (χ3n) is 4.19. The number of likely N-dealkylation sites (N-methyl/N-ethyl adjacent to an activating group) is 1. The standard InChI is InChI=1S/C14H21N7O4.H2O4S/c1-6-19-9-12(16)17-5-18-13(9)21(6)14-11(24)10(23)7(25-14)3-20(2)4-8(15)22;1-5(2,3)4/h5,7,10-11,14,23-24H,3-4H2,1-2H3,(H2,15,22)(H2,16,17,18);(H2,1,2,3,4)/t7-,10-,11-,14-;/m1./s1. The molecule has 2 aromatic rings. The molecule has 168 valence electrons. The molecule has 0 radical (unpaired) electrons. The molecule has 0 saturated carbocycles. The highest BCUT2D eigenvalue weighted by molar-refractivity contribution is 7.79. The Hall–Kier alpha value is -2.47. The molecule has 8 N–H and O–H groups in total. The van der Waals surface area contributed by atoms with Crippen molar-refractivity contribution in [2.75, 3.05) is 25.9 Å². The molecule has 16 heteroatoms. The zero-order valence-electron chi connectivity index (χ0n) is 16.0. The van der Waals surface area contributed by atoms with E-state index in [2.05, 4.69) is 15.0 Å². The fourth-order valence-corrected chi connectivity index (χ4v) is 3.07. The van der Waals surface area contributed by atoms with E-state index in [1.165, 1.54) is 6.33 Å². The van der Waals surface area contributed by atoms with Gasteiger partial charge in [0.1, 0.15) is 30.5 Å². The second kappa shape index (κ2) is 9.13. The predicted molar refractivity (Wildman–Crippen MR) is 101 cm³/mol. The third-order valence-corrected chi connectivity index (χ3v) is 4.19. The summed E-state index contributed by atoms with van der Waals surface area (Å²) in [6.45, 7) is 1.96. The first-order chi connectivity index (χ1) is 13.8. The van der Waals surface area contributed by atoms with Crippen molar-refractivity contribution in [2.24, 2.45) is 5.73 Å². The van der Waals surface area contributed by atoms with Crippen molar-refractivity contribution in [3.8, 4) is 0 Å². The number of fused-ring (bicyclic) bond motifs is 1. The lowest BCUT2D eigenvalue weighted by Gasteiger charge is -2.21. The van der Waals surface area contributed by atoms with Crippen LogP contribution in [0.15, 0.2) is 6.33 Å². The zero-order chi connectivity index (χ0) is 22.8. The van der Waals surface area contributed by atoms with Gasteiger partial charge < -0.3 is 26.4 Å². The van der Waals surface area contributed by atoms with E-state index in [-0.39, 0.29) is 18.9 Å². The molecule has 3 rings (SSSR count). The van der Waals surface area contributed by atoms with Crippen LogP contribution in [0.4, 0.5) is 5.82 Å². The van der Waals surface area contributed by atoms with E-state index in [9.17, 15) is 15.0 Å². The molecule has 1 aliphatic heterocycles. The van der Waals surface area contributed by atoms with Crippen LogP contribution in [-0.4, -0.2) is 96.5 Å². The van der Waals surface area contributed by atoms with Crippen LogP contribution in [0, 0.1) is 6.92 Å². The molecule has 30 heavy (non-hydrogen) atoms. The molecule has 0 aromatic carbocycles. The van der Waals surface area contributed by atoms with E-state index in [1.54, 1.807) is 23.4 Å². The number of ether oxygens (including phenoxy) is 1. The number of hydrogen-bond donors (Lipinski definition) is 6. The van der Waals surface area contributed by atoms with Gasteiger partial charge in [-0.1, -0.05) is 0 Å². The van der Waals surface area contributed by atoms with Crippen molar-refractivity contribution in [3.05, 3.63) is 12.2 Å². The van der Waals surface area contributed by atoms with Crippen molar-refractivity contribution in [2.45, 2.75) is 31.5 Å². The normalized spacial score (nSPS) is 24.1. The maximum Gasteiger partial charge on any atom is 0.394 e. The van der Waals surface area contributed by atoms with Gasteiger partial charge in [-0.2, -0.15) is 8.42 Å². The van der Waals surface area contributed by atoms with Crippen LogP contribution in [0.5, 0.6) is 0 Å². The summed E-state index contributed by atoms with van der Waals surface area (Å²) < 4.78 is 39.0. The SMILES string of the molecule is Cc1nc2c(N)ncnc2n1[C@@H]1O[C@H](CN(C)CC(N)=O)[C@@H](O)[C@H]1O.O=S(=O)(O)O. The van der Waals surface area contributed by atoms with Gasteiger partial charge in [0.2, 0.25) is 5.91 Å². The summed E-state index contributed by atoms with van der Waals surface area (Å²) in [5, 5.41) is 20.8. The van der Waals surface area contributed by atoms with Crippen molar-refractivity contribution in [3.63, 3.8) is 0 Å². The van der Waals surface area contributed by atoms with Gasteiger partial charge >= 0.3 is 10.4 Å². The van der Waals surface area contributed by atoms with E-state index in [4.69, 9.17) is 33.7 Å². The molecule has 0 unspecified atom stereocenters. The molecular weight excluding hydrogens is 426 g/mol. The van der Waals surface area contributed by atoms with E-state index in [0.717, 1.165) is 0 Å². The minimum atomic E-state index is -4.67. The number of carbonyl (C=O) groups excluding carboxylic acids is 1. The summed E-state index contributed by atoms with van der Waals surface area (Å²) in [6.07, 6.45) is -2.64. The number of carbonyl (C=O) groups is 1. The maximum atomic E-state index is 11.0. The second-order valence-corrected chi connectivity index (χ2v) is 7.51.